The van der Waals surface area contributed by atoms with Crippen molar-refractivity contribution in [2.45, 2.75) is 0 Å². The Labute approximate surface area is 117 Å². The van der Waals surface area contributed by atoms with E-state index in [1.54, 1.807) is 24.3 Å². The Balaban J connectivity index is 2.02. The van der Waals surface area contributed by atoms with Gasteiger partial charge in [-0.2, -0.15) is 0 Å². The highest BCUT2D eigenvalue weighted by atomic mass is 19.1. The second-order valence-corrected chi connectivity index (χ2v) is 4.59. The van der Waals surface area contributed by atoms with Crippen molar-refractivity contribution in [3.05, 3.63) is 60.4 Å². The van der Waals surface area contributed by atoms with E-state index in [4.69, 9.17) is 0 Å². The number of hydrogen-bond acceptors (Lipinski definition) is 3. The Morgan fingerprint density at radius 2 is 1.86 bits per heavy atom. The van der Waals surface area contributed by atoms with Gasteiger partial charge in [-0.25, -0.2) is 23.3 Å². The monoisotopic (exact) mass is 282 g/mol. The van der Waals surface area contributed by atoms with Crippen molar-refractivity contribution < 1.29 is 8.78 Å². The summed E-state index contributed by atoms with van der Waals surface area (Å²) in [6.45, 7) is 0. The van der Waals surface area contributed by atoms with Crippen molar-refractivity contribution in [3.63, 3.8) is 0 Å². The van der Waals surface area contributed by atoms with Crippen LogP contribution in [0.4, 0.5) is 8.78 Å². The van der Waals surface area contributed by atoms with Crippen LogP contribution in [0.5, 0.6) is 0 Å². The molecule has 0 aliphatic carbocycles. The summed E-state index contributed by atoms with van der Waals surface area (Å²) in [5, 5.41) is 4.82. The maximum Gasteiger partial charge on any atom is 0.182 e. The fourth-order valence-corrected chi connectivity index (χ4v) is 2.28. The molecule has 0 atom stereocenters. The number of aromatic nitrogens is 4. The first kappa shape index (κ1) is 11.9. The minimum absolute atomic E-state index is 0.239. The van der Waals surface area contributed by atoms with Gasteiger partial charge in [0, 0.05) is 10.9 Å². The van der Waals surface area contributed by atoms with Crippen LogP contribution in [-0.4, -0.2) is 19.6 Å². The highest BCUT2D eigenvalue weighted by molar-refractivity contribution is 5.91. The molecule has 4 nitrogen and oxygen atoms in total. The third-order valence-corrected chi connectivity index (χ3v) is 3.24. The normalized spacial score (nSPS) is 11.3. The van der Waals surface area contributed by atoms with Gasteiger partial charge in [0.2, 0.25) is 0 Å². The van der Waals surface area contributed by atoms with Crippen LogP contribution in [0.2, 0.25) is 0 Å². The van der Waals surface area contributed by atoms with Crippen LogP contribution in [-0.2, 0) is 0 Å². The molecule has 0 fully saturated rings. The van der Waals surface area contributed by atoms with Gasteiger partial charge in [0.25, 0.3) is 0 Å². The lowest BCUT2D eigenvalue weighted by Crippen LogP contribution is -1.93. The smallest absolute Gasteiger partial charge is 0.182 e. The predicted molar refractivity (Wildman–Crippen MR) is 73.6 cm³/mol. The number of para-hydroxylation sites is 1. The summed E-state index contributed by atoms with van der Waals surface area (Å²) in [6.07, 6.45) is 1.40. The molecular formula is C15H8F2N4. The molecule has 4 aromatic rings. The van der Waals surface area contributed by atoms with Gasteiger partial charge in [0.1, 0.15) is 23.5 Å². The quantitative estimate of drug-likeness (QED) is 0.538. The maximum absolute atomic E-state index is 13.7. The van der Waals surface area contributed by atoms with Crippen molar-refractivity contribution in [1.29, 1.82) is 0 Å². The standard InChI is InChI=1S/C15H8F2N4/c16-10-4-1-3-9(7-10)14-19-15-11-5-2-6-12(17)13(11)18-8-21(15)20-14/h1-8H. The summed E-state index contributed by atoms with van der Waals surface area (Å²) in [6, 6.07) is 10.7. The predicted octanol–water partition coefficient (Wildman–Crippen LogP) is 3.22. The van der Waals surface area contributed by atoms with E-state index in [2.05, 4.69) is 15.1 Å². The van der Waals surface area contributed by atoms with Crippen LogP contribution in [0.3, 0.4) is 0 Å². The molecular weight excluding hydrogens is 274 g/mol. The fourth-order valence-electron chi connectivity index (χ4n) is 2.28. The molecule has 0 bridgehead atoms. The molecule has 0 amide bonds. The SMILES string of the molecule is Fc1cccc(-c2nc3c4cccc(F)c4ncn3n2)c1. The lowest BCUT2D eigenvalue weighted by atomic mass is 10.2. The molecule has 21 heavy (non-hydrogen) atoms. The molecule has 0 radical (unpaired) electrons. The van der Waals surface area contributed by atoms with E-state index in [1.807, 2.05) is 0 Å². The zero-order valence-electron chi connectivity index (χ0n) is 10.7. The number of fused-ring (bicyclic) bond motifs is 3. The van der Waals surface area contributed by atoms with Crippen molar-refractivity contribution >= 4 is 16.6 Å². The summed E-state index contributed by atoms with van der Waals surface area (Å²) in [5.41, 5.74) is 1.28. The van der Waals surface area contributed by atoms with E-state index >= 15 is 0 Å². The van der Waals surface area contributed by atoms with Crippen LogP contribution < -0.4 is 0 Å². The fraction of sp³-hybridized carbons (Fsp3) is 0. The van der Waals surface area contributed by atoms with Crippen molar-refractivity contribution in [3.8, 4) is 11.4 Å². The topological polar surface area (TPSA) is 43.1 Å². The van der Waals surface area contributed by atoms with E-state index in [1.165, 1.54) is 29.0 Å². The summed E-state index contributed by atoms with van der Waals surface area (Å²) in [7, 11) is 0. The van der Waals surface area contributed by atoms with Crippen LogP contribution >= 0.6 is 0 Å². The van der Waals surface area contributed by atoms with Crippen LogP contribution in [0.25, 0.3) is 27.9 Å². The van der Waals surface area contributed by atoms with Crippen LogP contribution in [0.1, 0.15) is 0 Å². The number of rotatable bonds is 1. The molecule has 4 rings (SSSR count). The zero-order valence-corrected chi connectivity index (χ0v) is 10.7. The Morgan fingerprint density at radius 1 is 1.00 bits per heavy atom. The first-order chi connectivity index (χ1) is 10.2. The molecule has 0 spiro atoms. The largest absolute Gasteiger partial charge is 0.233 e. The molecule has 102 valence electrons. The second-order valence-electron chi connectivity index (χ2n) is 4.59. The molecule has 2 heterocycles. The van der Waals surface area contributed by atoms with E-state index in [-0.39, 0.29) is 11.3 Å². The van der Waals surface area contributed by atoms with Crippen LogP contribution in [0, 0.1) is 11.6 Å². The van der Waals surface area contributed by atoms with Gasteiger partial charge in [-0.3, -0.25) is 0 Å². The summed E-state index contributed by atoms with van der Waals surface area (Å²) in [5.74, 6) is -0.404. The number of halogens is 2. The molecule has 2 aromatic carbocycles. The number of benzene rings is 2. The molecule has 6 heteroatoms. The van der Waals surface area contributed by atoms with E-state index in [9.17, 15) is 8.78 Å². The van der Waals surface area contributed by atoms with Gasteiger partial charge in [-0.1, -0.05) is 18.2 Å². The van der Waals surface area contributed by atoms with Gasteiger partial charge in [-0.15, -0.1) is 5.10 Å². The van der Waals surface area contributed by atoms with E-state index < -0.39 is 5.82 Å². The van der Waals surface area contributed by atoms with Gasteiger partial charge in [-0.05, 0) is 24.3 Å². The average Bonchev–Trinajstić information content (AvgIpc) is 2.92. The van der Waals surface area contributed by atoms with Crippen molar-refractivity contribution in [2.75, 3.05) is 0 Å². The molecule has 0 saturated carbocycles. The number of nitrogens with zero attached hydrogens (tertiary/aromatic N) is 4. The number of hydrogen-bond donors (Lipinski definition) is 0. The van der Waals surface area contributed by atoms with E-state index in [0.29, 0.717) is 22.4 Å². The molecule has 0 saturated heterocycles. The molecule has 0 aliphatic rings. The highest BCUT2D eigenvalue weighted by Crippen LogP contribution is 2.22. The summed E-state index contributed by atoms with van der Waals surface area (Å²) < 4.78 is 28.5. The van der Waals surface area contributed by atoms with Crippen LogP contribution in [0.15, 0.2) is 48.8 Å². The van der Waals surface area contributed by atoms with Gasteiger partial charge in [0.05, 0.1) is 0 Å². The minimum Gasteiger partial charge on any atom is -0.233 e. The molecule has 2 aromatic heterocycles. The third kappa shape index (κ3) is 1.84. The van der Waals surface area contributed by atoms with Crippen molar-refractivity contribution in [2.24, 2.45) is 0 Å². The van der Waals surface area contributed by atoms with E-state index in [0.717, 1.165) is 0 Å². The second kappa shape index (κ2) is 4.31. The Hall–Kier alpha value is -2.89. The maximum atomic E-state index is 13.7. The third-order valence-electron chi connectivity index (χ3n) is 3.24. The summed E-state index contributed by atoms with van der Waals surface area (Å²) in [4.78, 5) is 8.42. The highest BCUT2D eigenvalue weighted by Gasteiger charge is 2.12. The summed E-state index contributed by atoms with van der Waals surface area (Å²) >= 11 is 0. The van der Waals surface area contributed by atoms with Gasteiger partial charge in [0.15, 0.2) is 11.5 Å². The molecule has 0 unspecified atom stereocenters. The van der Waals surface area contributed by atoms with Gasteiger partial charge >= 0.3 is 0 Å². The lowest BCUT2D eigenvalue weighted by molar-refractivity contribution is 0.628. The lowest BCUT2D eigenvalue weighted by Gasteiger charge is -1.98. The Morgan fingerprint density at radius 3 is 2.71 bits per heavy atom. The first-order valence-electron chi connectivity index (χ1n) is 6.28. The minimum atomic E-state index is -0.412. The van der Waals surface area contributed by atoms with Crippen molar-refractivity contribution in [1.82, 2.24) is 19.6 Å². The molecule has 0 N–H and O–H groups in total. The molecule has 0 aliphatic heterocycles. The van der Waals surface area contributed by atoms with Gasteiger partial charge < -0.3 is 0 Å². The zero-order chi connectivity index (χ0) is 14.4. The Kier molecular flexibility index (Phi) is 2.44. The first-order valence-corrected chi connectivity index (χ1v) is 6.28. The Bertz CT molecular complexity index is 978. The average molecular weight is 282 g/mol.